The van der Waals surface area contributed by atoms with Gasteiger partial charge in [-0.2, -0.15) is 0 Å². The van der Waals surface area contributed by atoms with Crippen molar-refractivity contribution in [2.24, 2.45) is 11.8 Å². The van der Waals surface area contributed by atoms with Crippen molar-refractivity contribution in [3.05, 3.63) is 34.6 Å². The van der Waals surface area contributed by atoms with Crippen LogP contribution in [0.15, 0.2) is 34.6 Å². The Morgan fingerprint density at radius 2 is 2.28 bits per heavy atom. The number of aldehydes is 1. The van der Waals surface area contributed by atoms with Crippen molar-refractivity contribution in [1.82, 2.24) is 0 Å². The molecule has 0 fully saturated rings. The molecule has 0 saturated carbocycles. The first-order valence-corrected chi connectivity index (χ1v) is 9.31. The lowest BCUT2D eigenvalue weighted by atomic mass is 9.74. The molecule has 0 aromatic carbocycles. The molecule has 4 nitrogen and oxygen atoms in total. The SMILES string of the molecule is CC(C=O)=CCC[C@@H](C)C1=CC[C@@]2(C)OC3=C(C[C@@H]12)C(=O)[C@H](O)CC3. The summed E-state index contributed by atoms with van der Waals surface area (Å²) in [7, 11) is 0. The number of rotatable bonds is 5. The highest BCUT2D eigenvalue weighted by molar-refractivity contribution is 6.00. The molecule has 0 saturated heterocycles. The molecular formula is C21H28O4. The van der Waals surface area contributed by atoms with Crippen LogP contribution in [0.25, 0.3) is 0 Å². The Labute approximate surface area is 149 Å². The number of hydrogen-bond donors (Lipinski definition) is 1. The number of hydrogen-bond acceptors (Lipinski definition) is 4. The first kappa shape index (κ1) is 18.1. The van der Waals surface area contributed by atoms with Gasteiger partial charge in [-0.05, 0) is 51.0 Å². The summed E-state index contributed by atoms with van der Waals surface area (Å²) in [6, 6.07) is 0. The molecule has 25 heavy (non-hydrogen) atoms. The van der Waals surface area contributed by atoms with Crippen molar-refractivity contribution in [3.8, 4) is 0 Å². The molecule has 1 heterocycles. The van der Waals surface area contributed by atoms with Crippen LogP contribution in [0, 0.1) is 11.8 Å². The molecule has 0 aromatic rings. The van der Waals surface area contributed by atoms with Gasteiger partial charge in [0, 0.05) is 24.3 Å². The summed E-state index contributed by atoms with van der Waals surface area (Å²) in [4.78, 5) is 23.1. The molecule has 0 spiro atoms. The summed E-state index contributed by atoms with van der Waals surface area (Å²) in [5.74, 6) is 1.25. The zero-order valence-corrected chi connectivity index (χ0v) is 15.4. The van der Waals surface area contributed by atoms with Gasteiger partial charge >= 0.3 is 0 Å². The van der Waals surface area contributed by atoms with Crippen LogP contribution in [-0.4, -0.2) is 28.9 Å². The van der Waals surface area contributed by atoms with Gasteiger partial charge in [0.1, 0.15) is 23.8 Å². The summed E-state index contributed by atoms with van der Waals surface area (Å²) in [5.41, 5.74) is 2.58. The number of aliphatic hydroxyl groups excluding tert-OH is 1. The van der Waals surface area contributed by atoms with Gasteiger partial charge in [-0.25, -0.2) is 0 Å². The first-order chi connectivity index (χ1) is 11.9. The van der Waals surface area contributed by atoms with Gasteiger partial charge in [0.05, 0.1) is 0 Å². The van der Waals surface area contributed by atoms with Crippen LogP contribution in [0.5, 0.6) is 0 Å². The Kier molecular flexibility index (Phi) is 5.01. The third-order valence-electron chi connectivity index (χ3n) is 6.05. The van der Waals surface area contributed by atoms with E-state index in [4.69, 9.17) is 4.74 Å². The molecule has 0 unspecified atom stereocenters. The van der Waals surface area contributed by atoms with Crippen LogP contribution in [0.3, 0.4) is 0 Å². The second-order valence-corrected chi connectivity index (χ2v) is 7.94. The smallest absolute Gasteiger partial charge is 0.190 e. The Hall–Kier alpha value is -1.68. The highest BCUT2D eigenvalue weighted by Crippen LogP contribution is 2.51. The predicted molar refractivity (Wildman–Crippen MR) is 95.8 cm³/mol. The van der Waals surface area contributed by atoms with Gasteiger partial charge in [0.2, 0.25) is 0 Å². The van der Waals surface area contributed by atoms with Crippen LogP contribution in [0.4, 0.5) is 0 Å². The van der Waals surface area contributed by atoms with Crippen molar-refractivity contribution in [1.29, 1.82) is 0 Å². The largest absolute Gasteiger partial charge is 0.491 e. The molecule has 136 valence electrons. The van der Waals surface area contributed by atoms with Gasteiger partial charge in [0.25, 0.3) is 0 Å². The molecule has 3 aliphatic rings. The van der Waals surface area contributed by atoms with Crippen molar-refractivity contribution < 1.29 is 19.4 Å². The second kappa shape index (κ2) is 6.91. The molecular weight excluding hydrogens is 316 g/mol. The maximum Gasteiger partial charge on any atom is 0.190 e. The molecule has 0 amide bonds. The topological polar surface area (TPSA) is 63.6 Å². The Morgan fingerprint density at radius 3 is 3.00 bits per heavy atom. The van der Waals surface area contributed by atoms with Crippen LogP contribution >= 0.6 is 0 Å². The average Bonchev–Trinajstić information content (AvgIpc) is 2.93. The molecule has 3 rings (SSSR count). The minimum absolute atomic E-state index is 0.147. The molecule has 0 aromatic heterocycles. The fourth-order valence-electron chi connectivity index (χ4n) is 4.43. The van der Waals surface area contributed by atoms with Crippen LogP contribution in [0.2, 0.25) is 0 Å². The number of ether oxygens (including phenoxy) is 1. The van der Waals surface area contributed by atoms with Gasteiger partial charge in [0.15, 0.2) is 5.78 Å². The quantitative estimate of drug-likeness (QED) is 0.470. The molecule has 1 N–H and O–H groups in total. The van der Waals surface area contributed by atoms with E-state index in [1.807, 2.05) is 13.0 Å². The lowest BCUT2D eigenvalue weighted by Gasteiger charge is -2.43. The maximum absolute atomic E-state index is 12.4. The van der Waals surface area contributed by atoms with E-state index in [9.17, 15) is 14.7 Å². The summed E-state index contributed by atoms with van der Waals surface area (Å²) >= 11 is 0. The van der Waals surface area contributed by atoms with Crippen LogP contribution in [0.1, 0.15) is 59.3 Å². The highest BCUT2D eigenvalue weighted by atomic mass is 16.5. The van der Waals surface area contributed by atoms with E-state index in [0.717, 1.165) is 36.9 Å². The fraction of sp³-hybridized carbons (Fsp3) is 0.619. The highest BCUT2D eigenvalue weighted by Gasteiger charge is 2.49. The summed E-state index contributed by atoms with van der Waals surface area (Å²) in [6.45, 7) is 6.18. The van der Waals surface area contributed by atoms with E-state index >= 15 is 0 Å². The third kappa shape index (κ3) is 3.37. The van der Waals surface area contributed by atoms with E-state index in [2.05, 4.69) is 19.9 Å². The fourth-order valence-corrected chi connectivity index (χ4v) is 4.43. The van der Waals surface area contributed by atoms with E-state index in [-0.39, 0.29) is 17.3 Å². The maximum atomic E-state index is 12.4. The van der Waals surface area contributed by atoms with Crippen LogP contribution in [-0.2, 0) is 14.3 Å². The van der Waals surface area contributed by atoms with E-state index < -0.39 is 6.10 Å². The Morgan fingerprint density at radius 1 is 1.52 bits per heavy atom. The van der Waals surface area contributed by atoms with Crippen molar-refractivity contribution in [2.75, 3.05) is 0 Å². The lowest BCUT2D eigenvalue weighted by molar-refractivity contribution is -0.127. The average molecular weight is 344 g/mol. The monoisotopic (exact) mass is 344 g/mol. The summed E-state index contributed by atoms with van der Waals surface area (Å²) in [5, 5.41) is 9.90. The lowest BCUT2D eigenvalue weighted by Crippen LogP contribution is -2.43. The van der Waals surface area contributed by atoms with Crippen molar-refractivity contribution >= 4 is 12.1 Å². The zero-order chi connectivity index (χ0) is 18.2. The molecule has 4 atom stereocenters. The minimum atomic E-state index is -0.866. The zero-order valence-electron chi connectivity index (χ0n) is 15.4. The van der Waals surface area contributed by atoms with E-state index in [0.29, 0.717) is 30.8 Å². The van der Waals surface area contributed by atoms with Gasteiger partial charge in [-0.1, -0.05) is 24.6 Å². The number of carbonyl (C=O) groups is 2. The number of allylic oxidation sites excluding steroid dienone is 3. The molecule has 2 aliphatic carbocycles. The second-order valence-electron chi connectivity index (χ2n) is 7.94. The van der Waals surface area contributed by atoms with Gasteiger partial charge < -0.3 is 9.84 Å². The number of aliphatic hydroxyl groups is 1. The summed E-state index contributed by atoms with van der Waals surface area (Å²) < 4.78 is 6.30. The number of ketones is 1. The standard InChI is InChI=1S/C21H28O4/c1-13(12-22)5-4-6-14(2)15-9-10-21(3)17(15)11-16-19(25-21)8-7-18(23)20(16)24/h5,9,12,14,17-18,23H,4,6-8,10-11H2,1-3H3/t14-,17+,18-,21-/m1/s1. The van der Waals surface area contributed by atoms with Crippen molar-refractivity contribution in [3.63, 3.8) is 0 Å². The summed E-state index contributed by atoms with van der Waals surface area (Å²) in [6.07, 6.45) is 8.82. The van der Waals surface area contributed by atoms with Crippen LogP contribution < -0.4 is 0 Å². The minimum Gasteiger partial charge on any atom is -0.491 e. The Bertz CT molecular complexity index is 669. The molecule has 0 bridgehead atoms. The van der Waals surface area contributed by atoms with Crippen molar-refractivity contribution in [2.45, 2.75) is 71.0 Å². The normalized spacial score (nSPS) is 33.4. The number of carbonyl (C=O) groups excluding carboxylic acids is 2. The Balaban J connectivity index is 1.74. The van der Waals surface area contributed by atoms with Gasteiger partial charge in [-0.15, -0.1) is 0 Å². The number of Topliss-reactive ketones (excluding diaryl/α,β-unsaturated/α-hetero) is 1. The molecule has 4 heteroatoms. The molecule has 0 radical (unpaired) electrons. The number of fused-ring (bicyclic) bond motifs is 1. The first-order valence-electron chi connectivity index (χ1n) is 9.31. The third-order valence-corrected chi connectivity index (χ3v) is 6.05. The molecule has 1 aliphatic heterocycles. The predicted octanol–water partition coefficient (Wildman–Crippen LogP) is 3.65. The van der Waals surface area contributed by atoms with E-state index in [1.54, 1.807) is 0 Å². The van der Waals surface area contributed by atoms with Gasteiger partial charge in [-0.3, -0.25) is 9.59 Å². The van der Waals surface area contributed by atoms with E-state index in [1.165, 1.54) is 5.57 Å².